The summed E-state index contributed by atoms with van der Waals surface area (Å²) < 4.78 is 1.22. The van der Waals surface area contributed by atoms with Crippen LogP contribution in [0.3, 0.4) is 0 Å². The molecule has 158 valence electrons. The van der Waals surface area contributed by atoms with Crippen molar-refractivity contribution >= 4 is 70.6 Å². The van der Waals surface area contributed by atoms with Crippen LogP contribution < -0.4 is 0 Å². The monoisotopic (exact) mass is 494 g/mol. The highest BCUT2D eigenvalue weighted by atomic mass is 32.2. The number of hydrogen-bond acceptors (Lipinski definition) is 8. The molecular weight excluding hydrogens is 465 g/mol. The van der Waals surface area contributed by atoms with Gasteiger partial charge in [-0.25, -0.2) is 0 Å². The molecule has 0 aliphatic carbocycles. The van der Waals surface area contributed by atoms with Gasteiger partial charge in [0.2, 0.25) is 0 Å². The maximum absolute atomic E-state index is 9.34. The van der Waals surface area contributed by atoms with E-state index in [0.29, 0.717) is 43.4 Å². The molecule has 6 atom stereocenters. The topological polar surface area (TPSA) is 40.5 Å². The third-order valence-corrected chi connectivity index (χ3v) is 14.8. The van der Waals surface area contributed by atoms with E-state index >= 15 is 0 Å². The van der Waals surface area contributed by atoms with Crippen molar-refractivity contribution < 1.29 is 10.2 Å². The molecule has 6 unspecified atom stereocenters. The van der Waals surface area contributed by atoms with E-state index in [9.17, 15) is 10.2 Å². The smallest absolute Gasteiger partial charge is 0.0597 e. The van der Waals surface area contributed by atoms with Crippen molar-refractivity contribution in [3.8, 4) is 0 Å². The summed E-state index contributed by atoms with van der Waals surface area (Å²) in [6.45, 7) is 5.29. The maximum atomic E-state index is 9.34. The average molecular weight is 495 g/mol. The van der Waals surface area contributed by atoms with Crippen LogP contribution in [0.2, 0.25) is 0 Å². The summed E-state index contributed by atoms with van der Waals surface area (Å²) in [6, 6.07) is 8.94. The SMILES string of the molecule is CC(SCC1SCC(CO)S1)c1ccccc1C(C)SCC1SCC(CO)S1. The minimum Gasteiger partial charge on any atom is -0.395 e. The highest BCUT2D eigenvalue weighted by Gasteiger charge is 2.28. The lowest BCUT2D eigenvalue weighted by Crippen LogP contribution is -2.08. The summed E-state index contributed by atoms with van der Waals surface area (Å²) in [4.78, 5) is 0. The van der Waals surface area contributed by atoms with Gasteiger partial charge in [0.25, 0.3) is 0 Å². The van der Waals surface area contributed by atoms with Gasteiger partial charge in [0.15, 0.2) is 0 Å². The molecule has 2 heterocycles. The molecule has 1 aromatic carbocycles. The van der Waals surface area contributed by atoms with Gasteiger partial charge in [-0.3, -0.25) is 0 Å². The number of hydrogen-bond donors (Lipinski definition) is 2. The van der Waals surface area contributed by atoms with Gasteiger partial charge in [0.05, 0.1) is 22.4 Å². The molecule has 0 amide bonds. The van der Waals surface area contributed by atoms with E-state index in [1.54, 1.807) is 0 Å². The van der Waals surface area contributed by atoms with E-state index < -0.39 is 0 Å². The van der Waals surface area contributed by atoms with Crippen molar-refractivity contribution in [2.24, 2.45) is 0 Å². The van der Waals surface area contributed by atoms with Crippen LogP contribution in [0.25, 0.3) is 0 Å². The van der Waals surface area contributed by atoms with Crippen LogP contribution in [0.1, 0.15) is 35.5 Å². The quantitative estimate of drug-likeness (QED) is 0.435. The van der Waals surface area contributed by atoms with E-state index in [4.69, 9.17) is 0 Å². The summed E-state index contributed by atoms with van der Waals surface area (Å²) in [5.41, 5.74) is 2.94. The predicted octanol–water partition coefficient (Wildman–Crippen LogP) is 5.61. The Morgan fingerprint density at radius 3 is 1.64 bits per heavy atom. The Morgan fingerprint density at radius 1 is 0.857 bits per heavy atom. The minimum absolute atomic E-state index is 0.308. The van der Waals surface area contributed by atoms with E-state index in [0.717, 1.165) is 23.0 Å². The second-order valence-corrected chi connectivity index (χ2v) is 15.8. The molecule has 2 saturated heterocycles. The lowest BCUT2D eigenvalue weighted by Gasteiger charge is -2.22. The van der Waals surface area contributed by atoms with Crippen LogP contribution in [0.15, 0.2) is 24.3 Å². The van der Waals surface area contributed by atoms with Gasteiger partial charge >= 0.3 is 0 Å². The van der Waals surface area contributed by atoms with Crippen LogP contribution in [0.4, 0.5) is 0 Å². The first-order valence-electron chi connectivity index (χ1n) is 9.68. The van der Waals surface area contributed by atoms with Gasteiger partial charge in [-0.2, -0.15) is 23.5 Å². The maximum Gasteiger partial charge on any atom is 0.0597 e. The van der Waals surface area contributed by atoms with Crippen molar-refractivity contribution in [1.29, 1.82) is 0 Å². The van der Waals surface area contributed by atoms with E-state index in [2.05, 4.69) is 38.1 Å². The summed E-state index contributed by atoms with van der Waals surface area (Å²) >= 11 is 12.0. The van der Waals surface area contributed by atoms with Crippen LogP contribution in [0, 0.1) is 0 Å². The van der Waals surface area contributed by atoms with Gasteiger partial charge in [-0.05, 0) is 25.0 Å². The highest BCUT2D eigenvalue weighted by Crippen LogP contribution is 2.45. The third kappa shape index (κ3) is 6.87. The zero-order chi connectivity index (χ0) is 19.9. The standard InChI is InChI=1S/C20H30O2S6/c1-13(23-11-19-25-9-15(7-21)27-19)17-5-3-4-6-18(17)14(2)24-12-20-26-10-16(8-22)28-20/h3-6,13-16,19-22H,7-12H2,1-2H3. The predicted molar refractivity (Wildman–Crippen MR) is 138 cm³/mol. The zero-order valence-electron chi connectivity index (χ0n) is 16.4. The Hall–Kier alpha value is 1.24. The Bertz CT molecular complexity index is 553. The summed E-state index contributed by atoms with van der Waals surface area (Å²) in [5.74, 6) is 4.44. The van der Waals surface area contributed by atoms with Gasteiger partial charge in [0.1, 0.15) is 0 Å². The first-order valence-corrected chi connectivity index (χ1v) is 15.8. The van der Waals surface area contributed by atoms with E-state index in [1.165, 1.54) is 11.1 Å². The molecule has 3 rings (SSSR count). The van der Waals surface area contributed by atoms with Crippen molar-refractivity contribution in [3.05, 3.63) is 35.4 Å². The second kappa shape index (κ2) is 12.3. The Kier molecular flexibility index (Phi) is 10.5. The van der Waals surface area contributed by atoms with Crippen LogP contribution in [0.5, 0.6) is 0 Å². The number of thioether (sulfide) groups is 6. The molecule has 2 N–H and O–H groups in total. The molecule has 0 radical (unpaired) electrons. The van der Waals surface area contributed by atoms with E-state index in [-0.39, 0.29) is 0 Å². The average Bonchev–Trinajstić information content (AvgIpc) is 3.39. The minimum atomic E-state index is 0.308. The van der Waals surface area contributed by atoms with Crippen LogP contribution in [-0.4, -0.2) is 66.1 Å². The molecule has 2 aliphatic rings. The Balaban J connectivity index is 1.51. The fourth-order valence-electron chi connectivity index (χ4n) is 3.26. The number of rotatable bonds is 10. The summed E-state index contributed by atoms with van der Waals surface area (Å²) in [6.07, 6.45) is 0. The molecule has 0 saturated carbocycles. The molecule has 0 bridgehead atoms. The van der Waals surface area contributed by atoms with Gasteiger partial charge in [0, 0.05) is 44.0 Å². The first-order chi connectivity index (χ1) is 13.6. The number of benzene rings is 1. The van der Waals surface area contributed by atoms with Gasteiger partial charge < -0.3 is 10.2 Å². The highest BCUT2D eigenvalue weighted by molar-refractivity contribution is 8.22. The first kappa shape index (κ1) is 23.9. The van der Waals surface area contributed by atoms with Crippen LogP contribution in [-0.2, 0) is 0 Å². The lowest BCUT2D eigenvalue weighted by molar-refractivity contribution is 0.301. The molecule has 2 fully saturated rings. The number of aliphatic hydroxyl groups is 2. The molecule has 0 aromatic heterocycles. The molecule has 8 heteroatoms. The normalized spacial score (nSPS) is 29.9. The third-order valence-electron chi connectivity index (χ3n) is 4.87. The molecular formula is C20H30O2S6. The fraction of sp³-hybridized carbons (Fsp3) is 0.700. The van der Waals surface area contributed by atoms with Crippen LogP contribution >= 0.6 is 70.6 Å². The zero-order valence-corrected chi connectivity index (χ0v) is 21.3. The Labute approximate surface area is 195 Å². The summed E-state index contributed by atoms with van der Waals surface area (Å²) in [5, 5.41) is 20.5. The van der Waals surface area contributed by atoms with Gasteiger partial charge in [-0.1, -0.05) is 24.3 Å². The number of aliphatic hydroxyl groups excluding tert-OH is 2. The second-order valence-electron chi connectivity index (χ2n) is 6.99. The van der Waals surface area contributed by atoms with Crippen molar-refractivity contribution in [2.45, 2.75) is 44.0 Å². The molecule has 2 nitrogen and oxygen atoms in total. The molecule has 0 spiro atoms. The van der Waals surface area contributed by atoms with E-state index in [1.807, 2.05) is 70.6 Å². The molecule has 28 heavy (non-hydrogen) atoms. The van der Waals surface area contributed by atoms with Crippen molar-refractivity contribution in [2.75, 3.05) is 36.2 Å². The van der Waals surface area contributed by atoms with Crippen molar-refractivity contribution in [1.82, 2.24) is 0 Å². The van der Waals surface area contributed by atoms with Crippen molar-refractivity contribution in [3.63, 3.8) is 0 Å². The summed E-state index contributed by atoms with van der Waals surface area (Å²) in [7, 11) is 0. The molecule has 1 aromatic rings. The lowest BCUT2D eigenvalue weighted by atomic mass is 10.0. The largest absolute Gasteiger partial charge is 0.395 e. The van der Waals surface area contributed by atoms with Gasteiger partial charge in [-0.15, -0.1) is 47.0 Å². The Morgan fingerprint density at radius 2 is 1.29 bits per heavy atom. The fourth-order valence-corrected chi connectivity index (χ4v) is 12.5. The molecule has 2 aliphatic heterocycles.